The van der Waals surface area contributed by atoms with Crippen LogP contribution in [0.4, 0.5) is 0 Å². The van der Waals surface area contributed by atoms with Crippen LogP contribution in [-0.4, -0.2) is 41.6 Å². The van der Waals surface area contributed by atoms with Gasteiger partial charge in [0.15, 0.2) is 0 Å². The van der Waals surface area contributed by atoms with Crippen LogP contribution in [0.3, 0.4) is 0 Å². The summed E-state index contributed by atoms with van der Waals surface area (Å²) in [6.45, 7) is 6.55. The van der Waals surface area contributed by atoms with E-state index in [9.17, 15) is 5.11 Å². The second-order valence-electron chi connectivity index (χ2n) is 5.72. The Kier molecular flexibility index (Phi) is 7.16. The fourth-order valence-corrected chi connectivity index (χ4v) is 1.85. The van der Waals surface area contributed by atoms with Gasteiger partial charge in [0, 0.05) is 12.1 Å². The van der Waals surface area contributed by atoms with Crippen molar-refractivity contribution in [1.82, 2.24) is 5.32 Å². The predicted octanol–water partition coefficient (Wildman–Crippen LogP) is 1.88. The van der Waals surface area contributed by atoms with Crippen LogP contribution in [0, 0.1) is 0 Å². The number of nitrogens with one attached hydrogen (secondary N) is 1. The fraction of sp³-hybridized carbons (Fsp3) is 0.625. The zero-order chi connectivity index (χ0) is 15.0. The number of ether oxygens (including phenoxy) is 1. The fourth-order valence-electron chi connectivity index (χ4n) is 1.85. The summed E-state index contributed by atoms with van der Waals surface area (Å²) >= 11 is 0. The molecule has 0 aliphatic rings. The topological polar surface area (TPSA) is 61.7 Å². The molecule has 0 radical (unpaired) electrons. The van der Waals surface area contributed by atoms with Gasteiger partial charge in [-0.3, -0.25) is 0 Å². The molecule has 0 amide bonds. The molecule has 1 aromatic carbocycles. The molecule has 4 heteroatoms. The van der Waals surface area contributed by atoms with Gasteiger partial charge in [-0.05, 0) is 25.8 Å². The first-order valence-electron chi connectivity index (χ1n) is 7.19. The van der Waals surface area contributed by atoms with Crippen LogP contribution >= 0.6 is 0 Å². The van der Waals surface area contributed by atoms with Gasteiger partial charge in [-0.15, -0.1) is 0 Å². The molecule has 114 valence electrons. The van der Waals surface area contributed by atoms with E-state index in [0.29, 0.717) is 6.54 Å². The SMILES string of the molecule is CC[C@@H](OC[C@H](O)CNC(C)(C)CO)c1ccccc1. The van der Waals surface area contributed by atoms with Crippen LogP contribution in [-0.2, 0) is 4.74 Å². The zero-order valence-corrected chi connectivity index (χ0v) is 12.7. The van der Waals surface area contributed by atoms with Gasteiger partial charge >= 0.3 is 0 Å². The van der Waals surface area contributed by atoms with Crippen molar-refractivity contribution in [3.63, 3.8) is 0 Å². The number of hydrogen-bond acceptors (Lipinski definition) is 4. The first-order chi connectivity index (χ1) is 9.48. The van der Waals surface area contributed by atoms with E-state index < -0.39 is 6.10 Å². The number of rotatable bonds is 9. The van der Waals surface area contributed by atoms with Crippen molar-refractivity contribution in [1.29, 1.82) is 0 Å². The Morgan fingerprint density at radius 2 is 1.90 bits per heavy atom. The van der Waals surface area contributed by atoms with Crippen molar-refractivity contribution in [3.8, 4) is 0 Å². The van der Waals surface area contributed by atoms with Gasteiger partial charge in [-0.2, -0.15) is 0 Å². The third-order valence-corrected chi connectivity index (χ3v) is 3.24. The standard InChI is InChI=1S/C16H27NO3/c1-4-15(13-8-6-5-7-9-13)20-11-14(19)10-17-16(2,3)12-18/h5-9,14-15,17-19H,4,10-12H2,1-3H3/t14-,15-/m1/s1. The summed E-state index contributed by atoms with van der Waals surface area (Å²) in [6.07, 6.45) is 0.294. The molecule has 0 heterocycles. The van der Waals surface area contributed by atoms with Crippen LogP contribution in [0.15, 0.2) is 30.3 Å². The van der Waals surface area contributed by atoms with E-state index in [-0.39, 0.29) is 24.9 Å². The summed E-state index contributed by atoms with van der Waals surface area (Å²) in [7, 11) is 0. The van der Waals surface area contributed by atoms with Crippen LogP contribution in [0.5, 0.6) is 0 Å². The molecule has 0 aromatic heterocycles. The minimum absolute atomic E-state index is 0.0108. The molecule has 0 aliphatic heterocycles. The maximum absolute atomic E-state index is 9.93. The summed E-state index contributed by atoms with van der Waals surface area (Å²) < 4.78 is 5.79. The Bertz CT molecular complexity index is 367. The van der Waals surface area contributed by atoms with E-state index in [2.05, 4.69) is 12.2 Å². The Labute approximate surface area is 121 Å². The number of aliphatic hydroxyl groups is 2. The van der Waals surface area contributed by atoms with Crippen molar-refractivity contribution in [2.24, 2.45) is 0 Å². The minimum Gasteiger partial charge on any atom is -0.394 e. The number of aliphatic hydroxyl groups excluding tert-OH is 2. The second kappa shape index (κ2) is 8.37. The monoisotopic (exact) mass is 281 g/mol. The highest BCUT2D eigenvalue weighted by atomic mass is 16.5. The van der Waals surface area contributed by atoms with Gasteiger partial charge in [0.05, 0.1) is 25.4 Å². The van der Waals surface area contributed by atoms with E-state index in [0.717, 1.165) is 12.0 Å². The maximum Gasteiger partial charge on any atom is 0.0898 e. The molecule has 0 aliphatic carbocycles. The highest BCUT2D eigenvalue weighted by Gasteiger charge is 2.18. The minimum atomic E-state index is -0.585. The zero-order valence-electron chi connectivity index (χ0n) is 12.7. The lowest BCUT2D eigenvalue weighted by Crippen LogP contribution is -2.47. The molecule has 3 N–H and O–H groups in total. The number of benzene rings is 1. The lowest BCUT2D eigenvalue weighted by Gasteiger charge is -2.26. The Morgan fingerprint density at radius 3 is 2.45 bits per heavy atom. The molecular formula is C16H27NO3. The van der Waals surface area contributed by atoms with E-state index in [1.807, 2.05) is 44.2 Å². The smallest absolute Gasteiger partial charge is 0.0898 e. The highest BCUT2D eigenvalue weighted by Crippen LogP contribution is 2.20. The van der Waals surface area contributed by atoms with Crippen molar-refractivity contribution in [3.05, 3.63) is 35.9 Å². The largest absolute Gasteiger partial charge is 0.394 e. The number of hydrogen-bond donors (Lipinski definition) is 3. The van der Waals surface area contributed by atoms with Gasteiger partial charge in [0.1, 0.15) is 0 Å². The lowest BCUT2D eigenvalue weighted by atomic mass is 10.1. The molecule has 0 unspecified atom stereocenters. The highest BCUT2D eigenvalue weighted by molar-refractivity contribution is 5.17. The Morgan fingerprint density at radius 1 is 1.25 bits per heavy atom. The quantitative estimate of drug-likeness (QED) is 0.647. The van der Waals surface area contributed by atoms with Gasteiger partial charge in [-0.1, -0.05) is 37.3 Å². The van der Waals surface area contributed by atoms with Crippen LogP contribution in [0.2, 0.25) is 0 Å². The lowest BCUT2D eigenvalue weighted by molar-refractivity contribution is -0.0142. The Hall–Kier alpha value is -0.940. The Balaban J connectivity index is 2.37. The van der Waals surface area contributed by atoms with Crippen LogP contribution in [0.25, 0.3) is 0 Å². The molecule has 0 fully saturated rings. The third-order valence-electron chi connectivity index (χ3n) is 3.24. The summed E-state index contributed by atoms with van der Waals surface area (Å²) in [5.74, 6) is 0. The van der Waals surface area contributed by atoms with Crippen molar-refractivity contribution >= 4 is 0 Å². The summed E-state index contributed by atoms with van der Waals surface area (Å²) in [5.41, 5.74) is 0.746. The molecule has 1 rings (SSSR count). The molecule has 0 spiro atoms. The van der Waals surface area contributed by atoms with Crippen molar-refractivity contribution < 1.29 is 14.9 Å². The molecule has 0 saturated carbocycles. The second-order valence-corrected chi connectivity index (χ2v) is 5.72. The van der Waals surface area contributed by atoms with Gasteiger partial charge in [-0.25, -0.2) is 0 Å². The molecule has 0 saturated heterocycles. The summed E-state index contributed by atoms with van der Waals surface area (Å²) in [4.78, 5) is 0. The average molecular weight is 281 g/mol. The molecule has 1 aromatic rings. The maximum atomic E-state index is 9.93. The first-order valence-corrected chi connectivity index (χ1v) is 7.19. The van der Waals surface area contributed by atoms with E-state index in [4.69, 9.17) is 9.84 Å². The van der Waals surface area contributed by atoms with Crippen molar-refractivity contribution in [2.45, 2.75) is 44.9 Å². The predicted molar refractivity (Wildman–Crippen MR) is 80.6 cm³/mol. The number of β-amino-alcohol motifs (C(OH)–C–C–N with tert-alkyl or cyclic N) is 1. The molecule has 0 bridgehead atoms. The van der Waals surface area contributed by atoms with E-state index in [1.165, 1.54) is 0 Å². The molecule has 2 atom stereocenters. The van der Waals surface area contributed by atoms with Crippen LogP contribution in [0.1, 0.15) is 38.9 Å². The van der Waals surface area contributed by atoms with E-state index >= 15 is 0 Å². The van der Waals surface area contributed by atoms with Gasteiger partial charge in [0.2, 0.25) is 0 Å². The normalized spacial score (nSPS) is 15.1. The van der Waals surface area contributed by atoms with Gasteiger partial charge in [0.25, 0.3) is 0 Å². The van der Waals surface area contributed by atoms with E-state index in [1.54, 1.807) is 0 Å². The third kappa shape index (κ3) is 6.01. The molecular weight excluding hydrogens is 254 g/mol. The molecule has 4 nitrogen and oxygen atoms in total. The summed E-state index contributed by atoms with van der Waals surface area (Å²) in [6, 6.07) is 10.0. The summed E-state index contributed by atoms with van der Waals surface area (Å²) in [5, 5.41) is 22.2. The van der Waals surface area contributed by atoms with Gasteiger partial charge < -0.3 is 20.3 Å². The van der Waals surface area contributed by atoms with Crippen LogP contribution < -0.4 is 5.32 Å². The van der Waals surface area contributed by atoms with Crippen molar-refractivity contribution in [2.75, 3.05) is 19.8 Å². The molecule has 20 heavy (non-hydrogen) atoms. The first kappa shape index (κ1) is 17.1. The average Bonchev–Trinajstić information content (AvgIpc) is 2.47.